The van der Waals surface area contributed by atoms with Crippen molar-refractivity contribution < 1.29 is 5.11 Å². The van der Waals surface area contributed by atoms with E-state index >= 15 is 0 Å². The van der Waals surface area contributed by atoms with E-state index in [0.29, 0.717) is 6.42 Å². The van der Waals surface area contributed by atoms with E-state index in [1.54, 1.807) is 0 Å². The third kappa shape index (κ3) is 3.20. The van der Waals surface area contributed by atoms with E-state index in [4.69, 9.17) is 0 Å². The van der Waals surface area contributed by atoms with Gasteiger partial charge in [0.25, 0.3) is 0 Å². The van der Waals surface area contributed by atoms with Crippen LogP contribution in [0, 0.1) is 6.92 Å². The van der Waals surface area contributed by atoms with Crippen LogP contribution in [0.15, 0.2) is 48.8 Å². The average Bonchev–Trinajstić information content (AvgIpc) is 2.87. The molecule has 0 aliphatic heterocycles. The third-order valence-electron chi connectivity index (χ3n) is 3.97. The minimum absolute atomic E-state index is 0.662. The van der Waals surface area contributed by atoms with E-state index in [-0.39, 0.29) is 0 Å². The highest BCUT2D eigenvalue weighted by Gasteiger charge is 2.13. The van der Waals surface area contributed by atoms with Crippen molar-refractivity contribution in [3.05, 3.63) is 54.4 Å². The number of imidazole rings is 1. The summed E-state index contributed by atoms with van der Waals surface area (Å²) >= 11 is 0. The third-order valence-corrected chi connectivity index (χ3v) is 3.97. The summed E-state index contributed by atoms with van der Waals surface area (Å²) in [6.07, 6.45) is 2.56. The molecule has 0 atom stereocenters. The molecule has 1 N–H and O–H groups in total. The number of aromatic nitrogens is 2. The molecule has 0 radical (unpaired) electrons. The first-order valence-corrected chi connectivity index (χ1v) is 7.67. The van der Waals surface area contributed by atoms with Gasteiger partial charge in [0.15, 0.2) is 0 Å². The first kappa shape index (κ1) is 14.8. The molecular formula is C19H22N2O. The zero-order valence-electron chi connectivity index (χ0n) is 13.4. The molecule has 3 heteroatoms. The molecule has 114 valence electrons. The Bertz CT molecular complexity index is 779. The van der Waals surface area contributed by atoms with Crippen LogP contribution >= 0.6 is 0 Å². The number of aliphatic hydroxyl groups is 1. The summed E-state index contributed by atoms with van der Waals surface area (Å²) in [6.45, 7) is 6.53. The SMILES string of the molecule is Cc1ccc(-c2ccc3ncn(CCC(C)(C)O)c3c2)cc1. The molecular weight excluding hydrogens is 272 g/mol. The Morgan fingerprint density at radius 1 is 1.05 bits per heavy atom. The van der Waals surface area contributed by atoms with Crippen molar-refractivity contribution in [1.29, 1.82) is 0 Å². The van der Waals surface area contributed by atoms with E-state index in [1.807, 2.05) is 20.2 Å². The van der Waals surface area contributed by atoms with Gasteiger partial charge in [0.05, 0.1) is 23.0 Å². The Labute approximate surface area is 131 Å². The second-order valence-corrected chi connectivity index (χ2v) is 6.57. The molecule has 3 rings (SSSR count). The molecule has 0 saturated carbocycles. The first-order valence-electron chi connectivity index (χ1n) is 7.67. The molecule has 3 aromatic rings. The predicted molar refractivity (Wildman–Crippen MR) is 90.8 cm³/mol. The second kappa shape index (κ2) is 5.58. The maximum Gasteiger partial charge on any atom is 0.0958 e. The number of aryl methyl sites for hydroxylation is 2. The van der Waals surface area contributed by atoms with Crippen molar-refractivity contribution in [1.82, 2.24) is 9.55 Å². The lowest BCUT2D eigenvalue weighted by molar-refractivity contribution is 0.0665. The van der Waals surface area contributed by atoms with Gasteiger partial charge in [0.2, 0.25) is 0 Å². The topological polar surface area (TPSA) is 38.0 Å². The quantitative estimate of drug-likeness (QED) is 0.784. The lowest BCUT2D eigenvalue weighted by Crippen LogP contribution is -2.20. The van der Waals surface area contributed by atoms with Crippen LogP contribution < -0.4 is 0 Å². The minimum Gasteiger partial charge on any atom is -0.390 e. The number of rotatable bonds is 4. The zero-order valence-corrected chi connectivity index (χ0v) is 13.4. The van der Waals surface area contributed by atoms with Crippen LogP contribution in [0.1, 0.15) is 25.8 Å². The maximum absolute atomic E-state index is 9.91. The van der Waals surface area contributed by atoms with Crippen LogP contribution in [0.3, 0.4) is 0 Å². The molecule has 1 heterocycles. The van der Waals surface area contributed by atoms with Gasteiger partial charge in [-0.2, -0.15) is 0 Å². The lowest BCUT2D eigenvalue weighted by Gasteiger charge is -2.17. The van der Waals surface area contributed by atoms with Gasteiger partial charge in [-0.15, -0.1) is 0 Å². The Balaban J connectivity index is 1.96. The second-order valence-electron chi connectivity index (χ2n) is 6.57. The number of benzene rings is 2. The number of hydrogen-bond donors (Lipinski definition) is 1. The highest BCUT2D eigenvalue weighted by molar-refractivity contribution is 5.82. The molecule has 0 saturated heterocycles. The first-order chi connectivity index (χ1) is 10.4. The molecule has 0 aliphatic rings. The number of hydrogen-bond acceptors (Lipinski definition) is 2. The summed E-state index contributed by atoms with van der Waals surface area (Å²) in [5.41, 5.74) is 5.11. The van der Waals surface area contributed by atoms with Gasteiger partial charge in [0, 0.05) is 6.54 Å². The standard InChI is InChI=1S/C19H22N2O/c1-14-4-6-15(7-5-14)16-8-9-17-18(12-16)21(13-20-17)11-10-19(2,3)22/h4-9,12-13,22H,10-11H2,1-3H3. The fourth-order valence-electron chi connectivity index (χ4n) is 2.55. The molecule has 0 spiro atoms. The Kier molecular flexibility index (Phi) is 3.75. The average molecular weight is 294 g/mol. The van der Waals surface area contributed by atoms with Gasteiger partial charge >= 0.3 is 0 Å². The van der Waals surface area contributed by atoms with Crippen LogP contribution in [0.4, 0.5) is 0 Å². The highest BCUT2D eigenvalue weighted by atomic mass is 16.3. The van der Waals surface area contributed by atoms with Crippen molar-refractivity contribution in [3.8, 4) is 11.1 Å². The molecule has 3 nitrogen and oxygen atoms in total. The van der Waals surface area contributed by atoms with Crippen molar-refractivity contribution >= 4 is 11.0 Å². The van der Waals surface area contributed by atoms with Gasteiger partial charge in [-0.05, 0) is 50.5 Å². The molecule has 0 unspecified atom stereocenters. The van der Waals surface area contributed by atoms with Gasteiger partial charge < -0.3 is 9.67 Å². The van der Waals surface area contributed by atoms with Gasteiger partial charge in [-0.1, -0.05) is 35.9 Å². The van der Waals surface area contributed by atoms with E-state index in [1.165, 1.54) is 16.7 Å². The summed E-state index contributed by atoms with van der Waals surface area (Å²) in [7, 11) is 0. The van der Waals surface area contributed by atoms with Crippen molar-refractivity contribution in [2.75, 3.05) is 0 Å². The zero-order chi connectivity index (χ0) is 15.7. The molecule has 22 heavy (non-hydrogen) atoms. The van der Waals surface area contributed by atoms with E-state index < -0.39 is 5.60 Å². The fourth-order valence-corrected chi connectivity index (χ4v) is 2.55. The molecule has 0 fully saturated rings. The maximum atomic E-state index is 9.91. The molecule has 2 aromatic carbocycles. The van der Waals surface area contributed by atoms with Crippen LogP contribution in [-0.4, -0.2) is 20.3 Å². The summed E-state index contributed by atoms with van der Waals surface area (Å²) in [5.74, 6) is 0. The molecule has 0 bridgehead atoms. The number of fused-ring (bicyclic) bond motifs is 1. The summed E-state index contributed by atoms with van der Waals surface area (Å²) in [5, 5.41) is 9.91. The number of nitrogens with zero attached hydrogens (tertiary/aromatic N) is 2. The predicted octanol–water partition coefficient (Wildman–Crippen LogP) is 4.17. The van der Waals surface area contributed by atoms with Crippen molar-refractivity contribution in [3.63, 3.8) is 0 Å². The molecule has 1 aromatic heterocycles. The summed E-state index contributed by atoms with van der Waals surface area (Å²) < 4.78 is 2.12. The van der Waals surface area contributed by atoms with Crippen molar-refractivity contribution in [2.45, 2.75) is 39.3 Å². The summed E-state index contributed by atoms with van der Waals surface area (Å²) in [4.78, 5) is 4.45. The highest BCUT2D eigenvalue weighted by Crippen LogP contribution is 2.25. The Morgan fingerprint density at radius 3 is 2.41 bits per heavy atom. The Morgan fingerprint density at radius 2 is 1.73 bits per heavy atom. The van der Waals surface area contributed by atoms with Crippen LogP contribution in [-0.2, 0) is 6.54 Å². The monoisotopic (exact) mass is 294 g/mol. The Hall–Kier alpha value is -2.13. The van der Waals surface area contributed by atoms with Gasteiger partial charge in [0.1, 0.15) is 0 Å². The van der Waals surface area contributed by atoms with Crippen LogP contribution in [0.5, 0.6) is 0 Å². The van der Waals surface area contributed by atoms with E-state index in [0.717, 1.165) is 17.6 Å². The van der Waals surface area contributed by atoms with Crippen LogP contribution in [0.2, 0.25) is 0 Å². The van der Waals surface area contributed by atoms with Crippen LogP contribution in [0.25, 0.3) is 22.2 Å². The largest absolute Gasteiger partial charge is 0.390 e. The molecule has 0 amide bonds. The van der Waals surface area contributed by atoms with Gasteiger partial charge in [-0.25, -0.2) is 4.98 Å². The van der Waals surface area contributed by atoms with E-state index in [9.17, 15) is 5.11 Å². The summed E-state index contributed by atoms with van der Waals surface area (Å²) in [6, 6.07) is 14.9. The smallest absolute Gasteiger partial charge is 0.0958 e. The lowest BCUT2D eigenvalue weighted by atomic mass is 10.0. The minimum atomic E-state index is -0.662. The van der Waals surface area contributed by atoms with Gasteiger partial charge in [-0.3, -0.25) is 0 Å². The molecule has 0 aliphatic carbocycles. The van der Waals surface area contributed by atoms with E-state index in [2.05, 4.69) is 58.9 Å². The fraction of sp³-hybridized carbons (Fsp3) is 0.316. The van der Waals surface area contributed by atoms with Crippen molar-refractivity contribution in [2.24, 2.45) is 0 Å². The normalized spacial score (nSPS) is 12.0.